The Kier molecular flexibility index (Phi) is 4.17. The zero-order valence-electron chi connectivity index (χ0n) is 15.9. The molecule has 0 saturated carbocycles. The van der Waals surface area contributed by atoms with Gasteiger partial charge < -0.3 is 4.90 Å². The van der Waals surface area contributed by atoms with Crippen LogP contribution in [0.2, 0.25) is 0 Å². The highest BCUT2D eigenvalue weighted by Crippen LogP contribution is 2.33. The van der Waals surface area contributed by atoms with Crippen molar-refractivity contribution < 1.29 is 0 Å². The molecule has 5 rings (SSSR count). The molecule has 0 N–H and O–H groups in total. The Bertz CT molecular complexity index is 1090. The summed E-state index contributed by atoms with van der Waals surface area (Å²) in [6, 6.07) is 19.3. The van der Waals surface area contributed by atoms with E-state index in [1.165, 1.54) is 53.5 Å². The maximum absolute atomic E-state index is 4.83. The van der Waals surface area contributed by atoms with Crippen LogP contribution in [0.1, 0.15) is 24.0 Å². The first-order valence-corrected chi connectivity index (χ1v) is 9.98. The van der Waals surface area contributed by atoms with Crippen LogP contribution in [0.4, 0.5) is 0 Å². The van der Waals surface area contributed by atoms with E-state index in [2.05, 4.69) is 70.8 Å². The third kappa shape index (κ3) is 2.83. The van der Waals surface area contributed by atoms with Gasteiger partial charge in [-0.3, -0.25) is 4.40 Å². The minimum Gasteiger partial charge on any atom is -0.303 e. The SMILES string of the molecule is Cc1cnc(-c2ccccc2)n2c1c(CCN1CCCC1)c1ccccc12. The van der Waals surface area contributed by atoms with E-state index < -0.39 is 0 Å². The Hall–Kier alpha value is -2.65. The monoisotopic (exact) mass is 355 g/mol. The number of hydrogen-bond acceptors (Lipinski definition) is 2. The third-order valence-electron chi connectivity index (χ3n) is 5.85. The van der Waals surface area contributed by atoms with Gasteiger partial charge in [0.1, 0.15) is 5.82 Å². The lowest BCUT2D eigenvalue weighted by Crippen LogP contribution is -2.22. The standard InChI is InChI=1S/C24H25N3/c1-18-17-25-24(19-9-3-2-4-10-19)27-22-12-6-5-11-20(22)21(23(18)27)13-16-26-14-7-8-15-26/h2-6,9-12,17H,7-8,13-16H2,1H3. The van der Waals surface area contributed by atoms with E-state index in [4.69, 9.17) is 4.98 Å². The molecule has 136 valence electrons. The van der Waals surface area contributed by atoms with Crippen LogP contribution in [-0.2, 0) is 6.42 Å². The molecule has 2 aromatic carbocycles. The van der Waals surface area contributed by atoms with Gasteiger partial charge in [-0.1, -0.05) is 48.5 Å². The van der Waals surface area contributed by atoms with Crippen LogP contribution in [0.5, 0.6) is 0 Å². The number of hydrogen-bond donors (Lipinski definition) is 0. The molecule has 0 radical (unpaired) electrons. The molecule has 0 spiro atoms. The molecule has 0 unspecified atom stereocenters. The van der Waals surface area contributed by atoms with E-state index in [0.29, 0.717) is 0 Å². The molecule has 1 saturated heterocycles. The van der Waals surface area contributed by atoms with Gasteiger partial charge in [0.2, 0.25) is 0 Å². The van der Waals surface area contributed by atoms with Crippen molar-refractivity contribution in [3.8, 4) is 11.4 Å². The van der Waals surface area contributed by atoms with Crippen LogP contribution in [0.25, 0.3) is 27.8 Å². The molecule has 1 fully saturated rings. The number of aromatic nitrogens is 2. The number of fused-ring (bicyclic) bond motifs is 3. The van der Waals surface area contributed by atoms with E-state index in [-0.39, 0.29) is 0 Å². The number of benzene rings is 2. The molecule has 27 heavy (non-hydrogen) atoms. The van der Waals surface area contributed by atoms with Crippen molar-refractivity contribution in [2.75, 3.05) is 19.6 Å². The van der Waals surface area contributed by atoms with Gasteiger partial charge in [-0.05, 0) is 56.5 Å². The summed E-state index contributed by atoms with van der Waals surface area (Å²) in [5.41, 5.74) is 6.48. The van der Waals surface area contributed by atoms with Crippen LogP contribution in [-0.4, -0.2) is 33.9 Å². The minimum atomic E-state index is 1.03. The van der Waals surface area contributed by atoms with Crippen molar-refractivity contribution >= 4 is 16.4 Å². The summed E-state index contributed by atoms with van der Waals surface area (Å²) in [5, 5.41) is 1.37. The van der Waals surface area contributed by atoms with Gasteiger partial charge in [0.25, 0.3) is 0 Å². The average molecular weight is 355 g/mol. The maximum atomic E-state index is 4.83. The van der Waals surface area contributed by atoms with Gasteiger partial charge in [-0.25, -0.2) is 4.98 Å². The zero-order chi connectivity index (χ0) is 18.2. The van der Waals surface area contributed by atoms with E-state index >= 15 is 0 Å². The number of para-hydroxylation sites is 1. The van der Waals surface area contributed by atoms with Gasteiger partial charge in [0.05, 0.1) is 11.0 Å². The fourth-order valence-electron chi connectivity index (χ4n) is 4.54. The van der Waals surface area contributed by atoms with Crippen molar-refractivity contribution in [1.29, 1.82) is 0 Å². The molecular formula is C24H25N3. The summed E-state index contributed by atoms with van der Waals surface area (Å²) in [5.74, 6) is 1.03. The van der Waals surface area contributed by atoms with Gasteiger partial charge in [-0.15, -0.1) is 0 Å². The second-order valence-corrected chi connectivity index (χ2v) is 7.61. The van der Waals surface area contributed by atoms with Crippen molar-refractivity contribution in [2.45, 2.75) is 26.2 Å². The van der Waals surface area contributed by atoms with Crippen molar-refractivity contribution in [3.63, 3.8) is 0 Å². The molecule has 0 amide bonds. The first-order chi connectivity index (χ1) is 13.3. The maximum Gasteiger partial charge on any atom is 0.144 e. The summed E-state index contributed by atoms with van der Waals surface area (Å²) in [4.78, 5) is 7.43. The van der Waals surface area contributed by atoms with E-state index in [1.54, 1.807) is 0 Å². The smallest absolute Gasteiger partial charge is 0.144 e. The lowest BCUT2D eigenvalue weighted by Gasteiger charge is -2.15. The van der Waals surface area contributed by atoms with Crippen molar-refractivity contribution in [3.05, 3.63) is 71.9 Å². The molecule has 2 aromatic heterocycles. The summed E-state index contributed by atoms with van der Waals surface area (Å²) in [6.07, 6.45) is 5.82. The first-order valence-electron chi connectivity index (χ1n) is 9.98. The number of nitrogens with zero attached hydrogens (tertiary/aromatic N) is 3. The van der Waals surface area contributed by atoms with E-state index in [0.717, 1.165) is 24.4 Å². The summed E-state index contributed by atoms with van der Waals surface area (Å²) in [6.45, 7) is 5.83. The second kappa shape index (κ2) is 6.82. The molecule has 3 heterocycles. The molecule has 3 nitrogen and oxygen atoms in total. The highest BCUT2D eigenvalue weighted by Gasteiger charge is 2.19. The zero-order valence-corrected chi connectivity index (χ0v) is 15.9. The quantitative estimate of drug-likeness (QED) is 0.507. The van der Waals surface area contributed by atoms with Crippen LogP contribution in [0.15, 0.2) is 60.8 Å². The fraction of sp³-hybridized carbons (Fsp3) is 0.292. The van der Waals surface area contributed by atoms with Crippen LogP contribution in [0.3, 0.4) is 0 Å². The molecule has 0 atom stereocenters. The Morgan fingerprint density at radius 3 is 2.48 bits per heavy atom. The van der Waals surface area contributed by atoms with Gasteiger partial charge in [0, 0.05) is 23.7 Å². The van der Waals surface area contributed by atoms with E-state index in [9.17, 15) is 0 Å². The van der Waals surface area contributed by atoms with E-state index in [1.807, 2.05) is 6.20 Å². The third-order valence-corrected chi connectivity index (χ3v) is 5.85. The van der Waals surface area contributed by atoms with Crippen molar-refractivity contribution in [2.24, 2.45) is 0 Å². The Morgan fingerprint density at radius 2 is 1.67 bits per heavy atom. The van der Waals surface area contributed by atoms with Crippen LogP contribution >= 0.6 is 0 Å². The highest BCUT2D eigenvalue weighted by molar-refractivity contribution is 5.95. The Morgan fingerprint density at radius 1 is 0.926 bits per heavy atom. The topological polar surface area (TPSA) is 20.5 Å². The molecule has 0 bridgehead atoms. The molecule has 1 aliphatic rings. The predicted molar refractivity (Wildman–Crippen MR) is 112 cm³/mol. The lowest BCUT2D eigenvalue weighted by molar-refractivity contribution is 0.344. The Labute approximate surface area is 160 Å². The molecule has 1 aliphatic heterocycles. The van der Waals surface area contributed by atoms with Gasteiger partial charge >= 0.3 is 0 Å². The highest BCUT2D eigenvalue weighted by atomic mass is 15.1. The normalized spacial score (nSPS) is 15.1. The van der Waals surface area contributed by atoms with Crippen molar-refractivity contribution in [1.82, 2.24) is 14.3 Å². The van der Waals surface area contributed by atoms with Crippen LogP contribution in [0, 0.1) is 6.92 Å². The lowest BCUT2D eigenvalue weighted by atomic mass is 10.1. The first kappa shape index (κ1) is 16.5. The summed E-state index contributed by atoms with van der Waals surface area (Å²) in [7, 11) is 0. The fourth-order valence-corrected chi connectivity index (χ4v) is 4.54. The number of rotatable bonds is 4. The summed E-state index contributed by atoms with van der Waals surface area (Å²) < 4.78 is 2.37. The largest absolute Gasteiger partial charge is 0.303 e. The Balaban J connectivity index is 1.73. The van der Waals surface area contributed by atoms with Gasteiger partial charge in [0.15, 0.2) is 0 Å². The molecule has 3 heteroatoms. The molecular weight excluding hydrogens is 330 g/mol. The number of aryl methyl sites for hydroxylation is 1. The molecule has 0 aliphatic carbocycles. The van der Waals surface area contributed by atoms with Gasteiger partial charge in [-0.2, -0.15) is 0 Å². The second-order valence-electron chi connectivity index (χ2n) is 7.61. The average Bonchev–Trinajstić information content (AvgIpc) is 3.34. The predicted octanol–water partition coefficient (Wildman–Crippen LogP) is 5.10. The molecule has 4 aromatic rings. The van der Waals surface area contributed by atoms with Crippen LogP contribution < -0.4 is 0 Å². The number of likely N-dealkylation sites (tertiary alicyclic amines) is 1. The summed E-state index contributed by atoms with van der Waals surface area (Å²) >= 11 is 0. The minimum absolute atomic E-state index is 1.03.